The second-order valence-corrected chi connectivity index (χ2v) is 7.71. The summed E-state index contributed by atoms with van der Waals surface area (Å²) in [4.78, 5) is 0.373. The molecule has 0 aromatic heterocycles. The Morgan fingerprint density at radius 1 is 1.05 bits per heavy atom. The fourth-order valence-electron chi connectivity index (χ4n) is 2.85. The Bertz CT molecular complexity index is 552. The number of nitrogens with two attached hydrogens (primary N) is 1. The Balaban J connectivity index is 2.86. The summed E-state index contributed by atoms with van der Waals surface area (Å²) in [6.45, 7) is 6.33. The highest BCUT2D eigenvalue weighted by molar-refractivity contribution is 7.89. The largest absolute Gasteiger partial charge is 0.238 e. The first-order valence-corrected chi connectivity index (χ1v) is 10.1. The molecule has 3 nitrogen and oxygen atoms in total. The zero-order valence-electron chi connectivity index (χ0n) is 14.3. The van der Waals surface area contributed by atoms with Crippen molar-refractivity contribution in [1.82, 2.24) is 0 Å². The number of hydrogen-bond donors (Lipinski definition) is 1. The number of hydrogen-bond acceptors (Lipinski definition) is 2. The van der Waals surface area contributed by atoms with Crippen molar-refractivity contribution in [1.29, 1.82) is 0 Å². The minimum Gasteiger partial charge on any atom is -0.225 e. The standard InChI is InChI=1S/C18H31NO2S/c1-4-6-7-8-9-10-12-16-13-11-14-17(15(3)5-2)18(16)22(19,20)21/h11,13-15H,4-10,12H2,1-3H3,(H2,19,20,21)/t15-/m0/s1. The molecule has 0 unspecified atom stereocenters. The van der Waals surface area contributed by atoms with Crippen LogP contribution >= 0.6 is 0 Å². The molecule has 0 spiro atoms. The van der Waals surface area contributed by atoms with E-state index in [9.17, 15) is 8.42 Å². The maximum Gasteiger partial charge on any atom is 0.238 e. The van der Waals surface area contributed by atoms with Gasteiger partial charge in [-0.2, -0.15) is 0 Å². The zero-order chi connectivity index (χ0) is 16.6. The first kappa shape index (κ1) is 19.2. The van der Waals surface area contributed by atoms with Crippen LogP contribution in [0.4, 0.5) is 0 Å². The summed E-state index contributed by atoms with van der Waals surface area (Å²) in [7, 11) is -3.67. The highest BCUT2D eigenvalue weighted by atomic mass is 32.2. The van der Waals surface area contributed by atoms with Gasteiger partial charge in [0.15, 0.2) is 0 Å². The minimum absolute atomic E-state index is 0.206. The fraction of sp³-hybridized carbons (Fsp3) is 0.667. The third-order valence-corrected chi connectivity index (χ3v) is 5.42. The monoisotopic (exact) mass is 325 g/mol. The molecule has 0 bridgehead atoms. The summed E-state index contributed by atoms with van der Waals surface area (Å²) in [6, 6.07) is 5.78. The Hall–Kier alpha value is -0.870. The van der Waals surface area contributed by atoms with Gasteiger partial charge >= 0.3 is 0 Å². The Labute approximate surface area is 136 Å². The number of unbranched alkanes of at least 4 members (excludes halogenated alkanes) is 5. The van der Waals surface area contributed by atoms with Crippen molar-refractivity contribution < 1.29 is 8.42 Å². The predicted octanol–water partition coefficient (Wildman–Crippen LogP) is 4.75. The lowest BCUT2D eigenvalue weighted by molar-refractivity contribution is 0.587. The van der Waals surface area contributed by atoms with Gasteiger partial charge in [0.2, 0.25) is 10.0 Å². The zero-order valence-corrected chi connectivity index (χ0v) is 15.1. The van der Waals surface area contributed by atoms with Crippen molar-refractivity contribution >= 4 is 10.0 Å². The minimum atomic E-state index is -3.67. The van der Waals surface area contributed by atoms with Gasteiger partial charge in [-0.15, -0.1) is 0 Å². The van der Waals surface area contributed by atoms with Crippen LogP contribution in [0, 0.1) is 0 Å². The van der Waals surface area contributed by atoms with Gasteiger partial charge in [0.25, 0.3) is 0 Å². The van der Waals surface area contributed by atoms with Gasteiger partial charge < -0.3 is 0 Å². The Kier molecular flexibility index (Phi) is 8.12. The quantitative estimate of drug-likeness (QED) is 0.631. The molecule has 22 heavy (non-hydrogen) atoms. The molecule has 0 aliphatic carbocycles. The van der Waals surface area contributed by atoms with Crippen LogP contribution in [-0.2, 0) is 16.4 Å². The van der Waals surface area contributed by atoms with Gasteiger partial charge in [-0.05, 0) is 36.3 Å². The maximum atomic E-state index is 12.0. The normalized spacial score (nSPS) is 13.3. The maximum absolute atomic E-state index is 12.0. The Morgan fingerprint density at radius 2 is 1.68 bits per heavy atom. The lowest BCUT2D eigenvalue weighted by Crippen LogP contribution is -2.18. The molecule has 0 aliphatic heterocycles. The number of benzene rings is 1. The first-order chi connectivity index (χ1) is 10.4. The van der Waals surface area contributed by atoms with Gasteiger partial charge in [0, 0.05) is 0 Å². The molecule has 2 N–H and O–H groups in total. The second-order valence-electron chi connectivity index (χ2n) is 6.21. The van der Waals surface area contributed by atoms with Crippen LogP contribution in [0.15, 0.2) is 23.1 Å². The van der Waals surface area contributed by atoms with Crippen molar-refractivity contribution in [3.63, 3.8) is 0 Å². The van der Waals surface area contributed by atoms with Gasteiger partial charge in [0.1, 0.15) is 0 Å². The van der Waals surface area contributed by atoms with E-state index >= 15 is 0 Å². The molecule has 0 saturated carbocycles. The summed E-state index contributed by atoms with van der Waals surface area (Å²) in [5, 5.41) is 5.49. The summed E-state index contributed by atoms with van der Waals surface area (Å²) in [5.74, 6) is 0.206. The van der Waals surface area contributed by atoms with E-state index in [1.54, 1.807) is 0 Å². The molecule has 0 radical (unpaired) electrons. The van der Waals surface area contributed by atoms with Crippen molar-refractivity contribution in [3.8, 4) is 0 Å². The van der Waals surface area contributed by atoms with E-state index in [0.29, 0.717) is 4.90 Å². The molecule has 4 heteroatoms. The van der Waals surface area contributed by atoms with Gasteiger partial charge in [-0.1, -0.05) is 71.1 Å². The summed E-state index contributed by atoms with van der Waals surface area (Å²) in [5.41, 5.74) is 1.75. The van der Waals surface area contributed by atoms with E-state index in [1.165, 1.54) is 25.7 Å². The topological polar surface area (TPSA) is 60.2 Å². The molecule has 1 atom stereocenters. The van der Waals surface area contributed by atoms with Crippen LogP contribution in [0.2, 0.25) is 0 Å². The third kappa shape index (κ3) is 5.73. The van der Waals surface area contributed by atoms with E-state index in [0.717, 1.165) is 36.8 Å². The number of sulfonamides is 1. The molecular formula is C18H31NO2S. The molecule has 0 fully saturated rings. The summed E-state index contributed by atoms with van der Waals surface area (Å²) < 4.78 is 24.1. The molecule has 0 saturated heterocycles. The van der Waals surface area contributed by atoms with E-state index in [2.05, 4.69) is 20.8 Å². The molecule has 0 heterocycles. The first-order valence-electron chi connectivity index (χ1n) is 8.56. The third-order valence-electron chi connectivity index (χ3n) is 4.35. The SMILES string of the molecule is CCCCCCCCc1cccc([C@@H](C)CC)c1S(N)(=O)=O. The molecule has 0 aliphatic rings. The predicted molar refractivity (Wildman–Crippen MR) is 93.6 cm³/mol. The van der Waals surface area contributed by atoms with Crippen molar-refractivity contribution in [2.24, 2.45) is 5.14 Å². The van der Waals surface area contributed by atoms with Crippen LogP contribution in [0.25, 0.3) is 0 Å². The molecule has 126 valence electrons. The fourth-order valence-corrected chi connectivity index (χ4v) is 3.99. The van der Waals surface area contributed by atoms with Gasteiger partial charge in [-0.25, -0.2) is 13.6 Å². The van der Waals surface area contributed by atoms with E-state index in [-0.39, 0.29) is 5.92 Å². The number of primary sulfonamides is 1. The smallest absolute Gasteiger partial charge is 0.225 e. The average molecular weight is 326 g/mol. The van der Waals surface area contributed by atoms with E-state index in [1.807, 2.05) is 18.2 Å². The number of aryl methyl sites for hydroxylation is 1. The second kappa shape index (κ2) is 9.31. The number of rotatable bonds is 10. The molecule has 0 amide bonds. The van der Waals surface area contributed by atoms with Crippen LogP contribution in [0.3, 0.4) is 0 Å². The molecular weight excluding hydrogens is 294 g/mol. The van der Waals surface area contributed by atoms with E-state index < -0.39 is 10.0 Å². The van der Waals surface area contributed by atoms with Crippen molar-refractivity contribution in [3.05, 3.63) is 29.3 Å². The molecule has 1 aromatic rings. The Morgan fingerprint density at radius 3 is 2.27 bits per heavy atom. The summed E-state index contributed by atoms with van der Waals surface area (Å²) >= 11 is 0. The summed E-state index contributed by atoms with van der Waals surface area (Å²) in [6.07, 6.45) is 8.90. The van der Waals surface area contributed by atoms with Gasteiger partial charge in [-0.3, -0.25) is 0 Å². The lowest BCUT2D eigenvalue weighted by atomic mass is 9.95. The van der Waals surface area contributed by atoms with E-state index in [4.69, 9.17) is 5.14 Å². The lowest BCUT2D eigenvalue weighted by Gasteiger charge is -2.17. The highest BCUT2D eigenvalue weighted by Crippen LogP contribution is 2.29. The van der Waals surface area contributed by atoms with Crippen LogP contribution < -0.4 is 5.14 Å². The van der Waals surface area contributed by atoms with Crippen molar-refractivity contribution in [2.45, 2.75) is 83.0 Å². The van der Waals surface area contributed by atoms with Crippen LogP contribution in [0.1, 0.15) is 82.8 Å². The van der Waals surface area contributed by atoms with Crippen molar-refractivity contribution in [2.75, 3.05) is 0 Å². The average Bonchev–Trinajstić information content (AvgIpc) is 2.48. The van der Waals surface area contributed by atoms with Crippen LogP contribution in [-0.4, -0.2) is 8.42 Å². The van der Waals surface area contributed by atoms with Crippen LogP contribution in [0.5, 0.6) is 0 Å². The molecule has 1 aromatic carbocycles. The highest BCUT2D eigenvalue weighted by Gasteiger charge is 2.21. The molecule has 1 rings (SSSR count). The van der Waals surface area contributed by atoms with Gasteiger partial charge in [0.05, 0.1) is 4.90 Å².